The highest BCUT2D eigenvalue weighted by Gasteiger charge is 2.23. The lowest BCUT2D eigenvalue weighted by Crippen LogP contribution is -2.35. The smallest absolute Gasteiger partial charge is 0.250 e. The van der Waals surface area contributed by atoms with Crippen molar-refractivity contribution >= 4 is 0 Å². The lowest BCUT2D eigenvalue weighted by atomic mass is 9.88. The van der Waals surface area contributed by atoms with Gasteiger partial charge in [-0.25, -0.2) is 4.98 Å². The number of aromatic amines is 1. The number of hydrogen-bond acceptors (Lipinski definition) is 4. The summed E-state index contributed by atoms with van der Waals surface area (Å²) in [4.78, 5) is 20.8. The average molecular weight is 305 g/mol. The topological polar surface area (TPSA) is 58.2 Å². The summed E-state index contributed by atoms with van der Waals surface area (Å²) >= 11 is 0. The fraction of sp³-hybridized carbons (Fsp3) is 0.765. The van der Waals surface area contributed by atoms with Crippen LogP contribution >= 0.6 is 0 Å². The Labute approximate surface area is 132 Å². The molecule has 1 aromatic rings. The molecule has 122 valence electrons. The summed E-state index contributed by atoms with van der Waals surface area (Å²) in [5.41, 5.74) is 0.801. The van der Waals surface area contributed by atoms with Crippen LogP contribution in [0, 0.1) is 11.8 Å². The second kappa shape index (κ2) is 7.88. The van der Waals surface area contributed by atoms with Crippen LogP contribution in [0.15, 0.2) is 17.2 Å². The Hall–Kier alpha value is -1.20. The predicted octanol–water partition coefficient (Wildman–Crippen LogP) is 1.84. The first-order chi connectivity index (χ1) is 10.8. The summed E-state index contributed by atoms with van der Waals surface area (Å²) in [6, 6.07) is 1.61. The SMILES string of the molecule is O=c1cc(CC2COCCN(CC3CCCCC3)C2)nc[nH]1. The fourth-order valence-corrected chi connectivity index (χ4v) is 3.79. The van der Waals surface area contributed by atoms with Gasteiger partial charge in [0.25, 0.3) is 5.56 Å². The molecule has 1 atom stereocenters. The van der Waals surface area contributed by atoms with Crippen LogP contribution in [0.2, 0.25) is 0 Å². The van der Waals surface area contributed by atoms with Crippen LogP contribution in [0.3, 0.4) is 0 Å². The van der Waals surface area contributed by atoms with E-state index in [9.17, 15) is 4.79 Å². The second-order valence-electron chi connectivity index (χ2n) is 6.81. The minimum atomic E-state index is -0.0707. The zero-order chi connectivity index (χ0) is 15.2. The molecule has 0 amide bonds. The minimum absolute atomic E-state index is 0.0707. The van der Waals surface area contributed by atoms with E-state index in [1.165, 1.54) is 45.0 Å². The van der Waals surface area contributed by atoms with Gasteiger partial charge in [0, 0.05) is 37.3 Å². The van der Waals surface area contributed by atoms with Crippen molar-refractivity contribution in [1.82, 2.24) is 14.9 Å². The molecule has 0 aromatic carbocycles. The van der Waals surface area contributed by atoms with Crippen molar-refractivity contribution in [3.8, 4) is 0 Å². The lowest BCUT2D eigenvalue weighted by Gasteiger charge is -2.30. The molecule has 22 heavy (non-hydrogen) atoms. The molecule has 2 aliphatic rings. The van der Waals surface area contributed by atoms with Crippen molar-refractivity contribution in [1.29, 1.82) is 0 Å². The summed E-state index contributed by atoms with van der Waals surface area (Å²) < 4.78 is 5.77. The molecule has 1 N–H and O–H groups in total. The van der Waals surface area contributed by atoms with E-state index < -0.39 is 0 Å². The van der Waals surface area contributed by atoms with Crippen molar-refractivity contribution in [3.63, 3.8) is 0 Å². The van der Waals surface area contributed by atoms with Gasteiger partial charge in [0.05, 0.1) is 19.5 Å². The van der Waals surface area contributed by atoms with Crippen molar-refractivity contribution < 1.29 is 4.74 Å². The van der Waals surface area contributed by atoms with Crippen LogP contribution in [0.4, 0.5) is 0 Å². The Morgan fingerprint density at radius 2 is 2.14 bits per heavy atom. The maximum absolute atomic E-state index is 11.4. The van der Waals surface area contributed by atoms with Crippen molar-refractivity contribution in [2.75, 3.05) is 32.8 Å². The number of hydrogen-bond donors (Lipinski definition) is 1. The molecular weight excluding hydrogens is 278 g/mol. The summed E-state index contributed by atoms with van der Waals surface area (Å²) in [6.07, 6.45) is 9.30. The van der Waals surface area contributed by atoms with Crippen LogP contribution < -0.4 is 5.56 Å². The van der Waals surface area contributed by atoms with Gasteiger partial charge < -0.3 is 14.6 Å². The first-order valence-electron chi connectivity index (χ1n) is 8.63. The molecule has 1 aliphatic carbocycles. The largest absolute Gasteiger partial charge is 0.380 e. The number of ether oxygens (including phenoxy) is 1. The van der Waals surface area contributed by atoms with Crippen LogP contribution in [0.25, 0.3) is 0 Å². The summed E-state index contributed by atoms with van der Waals surface area (Å²) in [6.45, 7) is 4.91. The van der Waals surface area contributed by atoms with Crippen LogP contribution in [0.1, 0.15) is 37.8 Å². The van der Waals surface area contributed by atoms with Crippen molar-refractivity contribution in [2.24, 2.45) is 11.8 Å². The average Bonchev–Trinajstić information content (AvgIpc) is 2.73. The zero-order valence-corrected chi connectivity index (χ0v) is 13.3. The van der Waals surface area contributed by atoms with Crippen molar-refractivity contribution in [3.05, 3.63) is 28.4 Å². The van der Waals surface area contributed by atoms with Crippen LogP contribution in [0.5, 0.6) is 0 Å². The number of H-pyrrole nitrogens is 1. The van der Waals surface area contributed by atoms with Gasteiger partial charge in [0.1, 0.15) is 0 Å². The molecule has 0 radical (unpaired) electrons. The molecule has 3 rings (SSSR count). The molecule has 1 saturated heterocycles. The van der Waals surface area contributed by atoms with E-state index in [2.05, 4.69) is 14.9 Å². The Kier molecular flexibility index (Phi) is 5.62. The fourth-order valence-electron chi connectivity index (χ4n) is 3.79. The van der Waals surface area contributed by atoms with E-state index in [-0.39, 0.29) is 5.56 Å². The van der Waals surface area contributed by atoms with Gasteiger partial charge in [-0.3, -0.25) is 4.79 Å². The van der Waals surface area contributed by atoms with E-state index in [4.69, 9.17) is 4.74 Å². The Morgan fingerprint density at radius 1 is 1.27 bits per heavy atom. The third kappa shape index (κ3) is 4.65. The molecule has 2 heterocycles. The number of nitrogens with one attached hydrogen (secondary N) is 1. The highest BCUT2D eigenvalue weighted by Crippen LogP contribution is 2.25. The normalized spacial score (nSPS) is 25.0. The number of nitrogens with zero attached hydrogens (tertiary/aromatic N) is 2. The van der Waals surface area contributed by atoms with Gasteiger partial charge in [-0.1, -0.05) is 19.3 Å². The van der Waals surface area contributed by atoms with E-state index in [1.807, 2.05) is 0 Å². The zero-order valence-electron chi connectivity index (χ0n) is 13.3. The Bertz CT molecular complexity index is 511. The summed E-state index contributed by atoms with van der Waals surface area (Å²) in [5, 5.41) is 0. The van der Waals surface area contributed by atoms with Gasteiger partial charge in [-0.15, -0.1) is 0 Å². The first kappa shape index (κ1) is 15.7. The molecule has 1 aliphatic heterocycles. The minimum Gasteiger partial charge on any atom is -0.380 e. The number of aromatic nitrogens is 2. The molecule has 0 spiro atoms. The van der Waals surface area contributed by atoms with Gasteiger partial charge in [-0.2, -0.15) is 0 Å². The van der Waals surface area contributed by atoms with Gasteiger partial charge in [0.2, 0.25) is 0 Å². The predicted molar refractivity (Wildman–Crippen MR) is 85.9 cm³/mol. The van der Waals surface area contributed by atoms with E-state index >= 15 is 0 Å². The monoisotopic (exact) mass is 305 g/mol. The van der Waals surface area contributed by atoms with Gasteiger partial charge in [0.15, 0.2) is 0 Å². The van der Waals surface area contributed by atoms with Gasteiger partial charge >= 0.3 is 0 Å². The molecule has 2 fully saturated rings. The van der Waals surface area contributed by atoms with Crippen LogP contribution in [-0.4, -0.2) is 47.7 Å². The summed E-state index contributed by atoms with van der Waals surface area (Å²) in [5.74, 6) is 1.30. The highest BCUT2D eigenvalue weighted by atomic mass is 16.5. The van der Waals surface area contributed by atoms with Crippen LogP contribution in [-0.2, 0) is 11.2 Å². The maximum atomic E-state index is 11.4. The quantitative estimate of drug-likeness (QED) is 0.922. The van der Waals surface area contributed by atoms with E-state index in [0.29, 0.717) is 5.92 Å². The maximum Gasteiger partial charge on any atom is 0.250 e. The molecule has 5 heteroatoms. The van der Waals surface area contributed by atoms with E-state index in [0.717, 1.165) is 44.3 Å². The first-order valence-corrected chi connectivity index (χ1v) is 8.63. The standard InChI is InChI=1S/C17H27N3O2/c21-17-9-16(18-13-19-17)8-15-11-20(6-7-22-12-15)10-14-4-2-1-3-5-14/h9,13-15H,1-8,10-12H2,(H,18,19,21). The Morgan fingerprint density at radius 3 is 2.95 bits per heavy atom. The molecule has 1 aromatic heterocycles. The van der Waals surface area contributed by atoms with Crippen molar-refractivity contribution in [2.45, 2.75) is 38.5 Å². The third-order valence-corrected chi connectivity index (χ3v) is 4.90. The lowest BCUT2D eigenvalue weighted by molar-refractivity contribution is 0.120. The highest BCUT2D eigenvalue weighted by molar-refractivity contribution is 5.00. The Balaban J connectivity index is 1.56. The number of rotatable bonds is 4. The van der Waals surface area contributed by atoms with E-state index in [1.54, 1.807) is 6.07 Å². The third-order valence-electron chi connectivity index (χ3n) is 4.90. The summed E-state index contributed by atoms with van der Waals surface area (Å²) in [7, 11) is 0. The molecular formula is C17H27N3O2. The molecule has 1 saturated carbocycles. The molecule has 0 bridgehead atoms. The molecule has 1 unspecified atom stereocenters. The van der Waals surface area contributed by atoms with Gasteiger partial charge in [-0.05, 0) is 25.2 Å². The molecule has 5 nitrogen and oxygen atoms in total. The second-order valence-corrected chi connectivity index (χ2v) is 6.81.